The van der Waals surface area contributed by atoms with Crippen LogP contribution in [-0.2, 0) is 16.4 Å². The van der Waals surface area contributed by atoms with Crippen molar-refractivity contribution in [2.24, 2.45) is 0 Å². The Labute approximate surface area is 233 Å². The number of benzene rings is 4. The predicted molar refractivity (Wildman–Crippen MR) is 153 cm³/mol. The van der Waals surface area contributed by atoms with Gasteiger partial charge in [-0.05, 0) is 73.3 Å². The minimum absolute atomic E-state index is 0.0499. The first-order valence-corrected chi connectivity index (χ1v) is 14.3. The molecule has 8 nitrogen and oxygen atoms in total. The van der Waals surface area contributed by atoms with Crippen molar-refractivity contribution in [3.8, 4) is 16.9 Å². The normalized spacial score (nSPS) is 13.5. The van der Waals surface area contributed by atoms with Crippen LogP contribution in [0.25, 0.3) is 11.1 Å². The van der Waals surface area contributed by atoms with Crippen LogP contribution in [0.2, 0.25) is 0 Å². The molecule has 0 radical (unpaired) electrons. The Morgan fingerprint density at radius 1 is 0.875 bits per heavy atom. The van der Waals surface area contributed by atoms with Crippen molar-refractivity contribution in [2.75, 3.05) is 32.6 Å². The van der Waals surface area contributed by atoms with Gasteiger partial charge in [-0.3, -0.25) is 9.59 Å². The lowest BCUT2D eigenvalue weighted by atomic mass is 10.0. The van der Waals surface area contributed by atoms with Crippen molar-refractivity contribution >= 4 is 27.3 Å². The molecule has 204 valence electrons. The van der Waals surface area contributed by atoms with Crippen LogP contribution in [0.15, 0.2) is 101 Å². The SMILES string of the molecule is CN(C)CCOc1ccc(-c2ccc(CNC(=O)c3ccc4c(c3)NC(=O)c3ccccc3S4(=O)=O)cc2)cc1. The number of amides is 2. The Balaban J connectivity index is 1.23. The lowest BCUT2D eigenvalue weighted by Gasteiger charge is -2.12. The Kier molecular flexibility index (Phi) is 7.68. The van der Waals surface area contributed by atoms with Crippen LogP contribution in [-0.4, -0.2) is 52.4 Å². The second-order valence-corrected chi connectivity index (χ2v) is 11.6. The highest BCUT2D eigenvalue weighted by Crippen LogP contribution is 2.34. The molecule has 0 atom stereocenters. The standard InChI is InChI=1S/C31H29N3O5S/c1-34(2)17-18-39-25-14-11-23(12-15-25)22-9-7-21(8-10-22)20-32-30(35)24-13-16-29-27(19-24)33-31(36)26-5-3-4-6-28(26)40(29,37)38/h3-16,19H,17-18,20H2,1-2H3,(H,32,35)(H,33,36). The number of ether oxygens (including phenoxy) is 1. The molecule has 2 amide bonds. The summed E-state index contributed by atoms with van der Waals surface area (Å²) in [5, 5.41) is 5.49. The van der Waals surface area contributed by atoms with Gasteiger partial charge in [0.1, 0.15) is 12.4 Å². The van der Waals surface area contributed by atoms with E-state index in [0.29, 0.717) is 6.61 Å². The zero-order chi connectivity index (χ0) is 28.3. The summed E-state index contributed by atoms with van der Waals surface area (Å²) in [6, 6.07) is 26.0. The Morgan fingerprint density at radius 2 is 1.55 bits per heavy atom. The number of fused-ring (bicyclic) bond motifs is 2. The average molecular weight is 556 g/mol. The summed E-state index contributed by atoms with van der Waals surface area (Å²) >= 11 is 0. The van der Waals surface area contributed by atoms with Crippen molar-refractivity contribution in [1.82, 2.24) is 10.2 Å². The molecule has 9 heteroatoms. The predicted octanol–water partition coefficient (Wildman–Crippen LogP) is 4.62. The lowest BCUT2D eigenvalue weighted by Crippen LogP contribution is -2.23. The molecule has 2 N–H and O–H groups in total. The molecule has 4 aromatic carbocycles. The molecule has 0 unspecified atom stereocenters. The highest BCUT2D eigenvalue weighted by Gasteiger charge is 2.31. The molecule has 0 aliphatic carbocycles. The van der Waals surface area contributed by atoms with Gasteiger partial charge in [-0.25, -0.2) is 8.42 Å². The molecule has 0 fully saturated rings. The number of nitrogens with zero attached hydrogens (tertiary/aromatic N) is 1. The van der Waals surface area contributed by atoms with Crippen molar-refractivity contribution < 1.29 is 22.7 Å². The van der Waals surface area contributed by atoms with E-state index in [1.807, 2.05) is 62.6 Å². The van der Waals surface area contributed by atoms with Crippen LogP contribution < -0.4 is 15.4 Å². The highest BCUT2D eigenvalue weighted by atomic mass is 32.2. The molecular weight excluding hydrogens is 526 g/mol. The van der Waals surface area contributed by atoms with E-state index in [0.717, 1.165) is 29.0 Å². The minimum atomic E-state index is -3.93. The molecule has 0 saturated carbocycles. The Bertz CT molecular complexity index is 1660. The van der Waals surface area contributed by atoms with E-state index >= 15 is 0 Å². The number of hydrogen-bond donors (Lipinski definition) is 2. The molecule has 1 heterocycles. The summed E-state index contributed by atoms with van der Waals surface area (Å²) in [6.07, 6.45) is 0. The topological polar surface area (TPSA) is 105 Å². The smallest absolute Gasteiger partial charge is 0.257 e. The van der Waals surface area contributed by atoms with Crippen LogP contribution in [0.4, 0.5) is 5.69 Å². The van der Waals surface area contributed by atoms with Crippen LogP contribution >= 0.6 is 0 Å². The summed E-state index contributed by atoms with van der Waals surface area (Å²) in [6.45, 7) is 1.75. The first kappa shape index (κ1) is 27.1. The molecule has 0 bridgehead atoms. The first-order chi connectivity index (χ1) is 19.2. The Hall–Kier alpha value is -4.47. The zero-order valence-electron chi connectivity index (χ0n) is 22.2. The number of anilines is 1. The van der Waals surface area contributed by atoms with Crippen LogP contribution in [0, 0.1) is 0 Å². The van der Waals surface area contributed by atoms with Crippen molar-refractivity contribution in [2.45, 2.75) is 16.3 Å². The van der Waals surface area contributed by atoms with Gasteiger partial charge in [-0.15, -0.1) is 0 Å². The highest BCUT2D eigenvalue weighted by molar-refractivity contribution is 7.91. The number of hydrogen-bond acceptors (Lipinski definition) is 6. The number of carbonyl (C=O) groups is 2. The maximum Gasteiger partial charge on any atom is 0.257 e. The molecule has 4 aromatic rings. The van der Waals surface area contributed by atoms with E-state index in [9.17, 15) is 18.0 Å². The number of carbonyl (C=O) groups excluding carboxylic acids is 2. The minimum Gasteiger partial charge on any atom is -0.492 e. The molecule has 0 saturated heterocycles. The van der Waals surface area contributed by atoms with Crippen molar-refractivity contribution in [3.05, 3.63) is 108 Å². The van der Waals surface area contributed by atoms with E-state index in [2.05, 4.69) is 15.5 Å². The fourth-order valence-corrected chi connectivity index (χ4v) is 5.98. The zero-order valence-corrected chi connectivity index (χ0v) is 23.0. The molecule has 0 spiro atoms. The quantitative estimate of drug-likeness (QED) is 0.329. The number of rotatable bonds is 8. The summed E-state index contributed by atoms with van der Waals surface area (Å²) in [5.74, 6) is -0.100. The average Bonchev–Trinajstić information content (AvgIpc) is 3.04. The van der Waals surface area contributed by atoms with Gasteiger partial charge in [0.15, 0.2) is 0 Å². The number of sulfone groups is 1. The van der Waals surface area contributed by atoms with E-state index < -0.39 is 15.7 Å². The number of nitrogens with one attached hydrogen (secondary N) is 2. The van der Waals surface area contributed by atoms with E-state index in [-0.39, 0.29) is 39.1 Å². The summed E-state index contributed by atoms with van der Waals surface area (Å²) in [4.78, 5) is 27.5. The van der Waals surface area contributed by atoms with Gasteiger partial charge >= 0.3 is 0 Å². The van der Waals surface area contributed by atoms with E-state index in [4.69, 9.17) is 4.74 Å². The number of likely N-dealkylation sites (N-methyl/N-ethyl adjacent to an activating group) is 1. The van der Waals surface area contributed by atoms with Crippen LogP contribution in [0.1, 0.15) is 26.3 Å². The third-order valence-corrected chi connectivity index (χ3v) is 8.47. The fraction of sp³-hybridized carbons (Fsp3) is 0.161. The van der Waals surface area contributed by atoms with Crippen molar-refractivity contribution in [3.63, 3.8) is 0 Å². The van der Waals surface area contributed by atoms with Gasteiger partial charge in [0.2, 0.25) is 9.84 Å². The summed E-state index contributed by atoms with van der Waals surface area (Å²) in [7, 11) is 0.0809. The Morgan fingerprint density at radius 3 is 2.25 bits per heavy atom. The molecule has 1 aliphatic heterocycles. The lowest BCUT2D eigenvalue weighted by molar-refractivity contribution is 0.0949. The maximum atomic E-state index is 13.2. The maximum absolute atomic E-state index is 13.2. The van der Waals surface area contributed by atoms with Crippen LogP contribution in [0.5, 0.6) is 5.75 Å². The molecule has 0 aromatic heterocycles. The summed E-state index contributed by atoms with van der Waals surface area (Å²) in [5.41, 5.74) is 3.38. The van der Waals surface area contributed by atoms with Crippen molar-refractivity contribution in [1.29, 1.82) is 0 Å². The van der Waals surface area contributed by atoms with E-state index in [1.54, 1.807) is 12.1 Å². The van der Waals surface area contributed by atoms with Gasteiger partial charge in [0, 0.05) is 18.7 Å². The first-order valence-electron chi connectivity index (χ1n) is 12.8. The second kappa shape index (κ2) is 11.3. The largest absolute Gasteiger partial charge is 0.492 e. The molecular formula is C31H29N3O5S. The van der Waals surface area contributed by atoms with E-state index in [1.165, 1.54) is 30.3 Å². The fourth-order valence-electron chi connectivity index (χ4n) is 4.39. The third kappa shape index (κ3) is 5.75. The second-order valence-electron chi connectivity index (χ2n) is 9.72. The summed E-state index contributed by atoms with van der Waals surface area (Å²) < 4.78 is 32.1. The molecule has 5 rings (SSSR count). The van der Waals surface area contributed by atoms with Gasteiger partial charge < -0.3 is 20.3 Å². The van der Waals surface area contributed by atoms with Crippen LogP contribution in [0.3, 0.4) is 0 Å². The third-order valence-electron chi connectivity index (χ3n) is 6.60. The molecule has 1 aliphatic rings. The monoisotopic (exact) mass is 555 g/mol. The van der Waals surface area contributed by atoms with Gasteiger partial charge in [-0.2, -0.15) is 0 Å². The molecule has 40 heavy (non-hydrogen) atoms. The van der Waals surface area contributed by atoms with Gasteiger partial charge in [0.05, 0.1) is 21.0 Å². The van der Waals surface area contributed by atoms with Gasteiger partial charge in [0.25, 0.3) is 11.8 Å². The van der Waals surface area contributed by atoms with Gasteiger partial charge in [-0.1, -0.05) is 48.5 Å².